The lowest BCUT2D eigenvalue weighted by Gasteiger charge is -2.16. The Bertz CT molecular complexity index is 1370. The number of hydrogen-bond donors (Lipinski definition) is 1. The van der Waals surface area contributed by atoms with Crippen LogP contribution in [-0.2, 0) is 12.3 Å². The van der Waals surface area contributed by atoms with E-state index in [4.69, 9.17) is 14.7 Å². The maximum Gasteiger partial charge on any atom is 0.169 e. The van der Waals surface area contributed by atoms with E-state index >= 15 is 0 Å². The van der Waals surface area contributed by atoms with Crippen molar-refractivity contribution in [1.29, 1.82) is 0 Å². The zero-order valence-corrected chi connectivity index (χ0v) is 20.0. The summed E-state index contributed by atoms with van der Waals surface area (Å²) in [6.45, 7) is 7.85. The number of thioether (sulfide) groups is 1. The quantitative estimate of drug-likeness (QED) is 0.263. The smallest absolute Gasteiger partial charge is 0.169 e. The maximum absolute atomic E-state index is 6.26. The molecule has 1 N–H and O–H groups in total. The third kappa shape index (κ3) is 4.62. The van der Waals surface area contributed by atoms with Crippen LogP contribution in [0.4, 0.5) is 0 Å². The highest BCUT2D eigenvalue weighted by Crippen LogP contribution is 2.29. The van der Waals surface area contributed by atoms with Gasteiger partial charge in [0.1, 0.15) is 18.2 Å². The molecule has 0 aliphatic heterocycles. The van der Waals surface area contributed by atoms with Gasteiger partial charge in [-0.05, 0) is 48.7 Å². The van der Waals surface area contributed by atoms with Gasteiger partial charge in [-0.25, -0.2) is 9.97 Å². The number of imidazole rings is 2. The summed E-state index contributed by atoms with van der Waals surface area (Å²) in [5, 5.41) is 0.980. The van der Waals surface area contributed by atoms with Gasteiger partial charge in [0.05, 0.1) is 34.4 Å². The first-order chi connectivity index (χ1) is 16.1. The average Bonchev–Trinajstić information content (AvgIpc) is 3.39. The van der Waals surface area contributed by atoms with Crippen molar-refractivity contribution < 1.29 is 4.74 Å². The predicted octanol–water partition coefficient (Wildman–Crippen LogP) is 6.72. The molecule has 0 aliphatic carbocycles. The zero-order chi connectivity index (χ0) is 22.8. The van der Waals surface area contributed by atoms with E-state index < -0.39 is 0 Å². The van der Waals surface area contributed by atoms with E-state index in [0.29, 0.717) is 12.5 Å². The first kappa shape index (κ1) is 21.6. The highest BCUT2D eigenvalue weighted by atomic mass is 32.2. The molecule has 5 aromatic rings. The van der Waals surface area contributed by atoms with Crippen LogP contribution < -0.4 is 4.74 Å². The number of H-pyrrole nitrogens is 1. The highest BCUT2D eigenvalue weighted by Gasteiger charge is 2.14. The van der Waals surface area contributed by atoms with Crippen molar-refractivity contribution in [2.24, 2.45) is 0 Å². The second-order valence-electron chi connectivity index (χ2n) is 8.57. The van der Waals surface area contributed by atoms with Crippen LogP contribution in [0.3, 0.4) is 0 Å². The van der Waals surface area contributed by atoms with Gasteiger partial charge in [-0.2, -0.15) is 0 Å². The summed E-state index contributed by atoms with van der Waals surface area (Å²) in [6.07, 6.45) is 0. The lowest BCUT2D eigenvalue weighted by Crippen LogP contribution is -2.10. The molecule has 2 heterocycles. The van der Waals surface area contributed by atoms with Crippen molar-refractivity contribution >= 4 is 33.8 Å². The summed E-state index contributed by atoms with van der Waals surface area (Å²) in [5.41, 5.74) is 6.70. The number of rotatable bonds is 8. The number of fused-ring (bicyclic) bond motifs is 2. The van der Waals surface area contributed by atoms with Crippen molar-refractivity contribution in [3.05, 3.63) is 83.7 Å². The second-order valence-corrected chi connectivity index (χ2v) is 9.51. The molecule has 168 valence electrons. The minimum atomic E-state index is 0.420. The van der Waals surface area contributed by atoms with Crippen LogP contribution in [-0.4, -0.2) is 26.1 Å². The number of para-hydroxylation sites is 4. The van der Waals surface area contributed by atoms with Gasteiger partial charge < -0.3 is 14.3 Å². The van der Waals surface area contributed by atoms with Gasteiger partial charge in [-0.3, -0.25) is 0 Å². The third-order valence-corrected chi connectivity index (χ3v) is 6.74. The van der Waals surface area contributed by atoms with Crippen molar-refractivity contribution in [2.75, 3.05) is 6.61 Å². The van der Waals surface area contributed by atoms with Gasteiger partial charge in [-0.1, -0.05) is 67.6 Å². The standard InChI is InChI=1S/C27H28N4OS/c1-18(2)20-16-19(3)12-13-25(20)32-15-14-31-24-11-7-6-10-23(24)30-27(31)33-17-26-28-21-8-4-5-9-22(21)29-26/h4-13,16,18H,14-15,17H2,1-3H3,(H,28,29). The summed E-state index contributed by atoms with van der Waals surface area (Å²) in [6, 6.07) is 22.8. The number of benzene rings is 3. The number of aromatic nitrogens is 4. The van der Waals surface area contributed by atoms with Crippen LogP contribution in [0.2, 0.25) is 0 Å². The van der Waals surface area contributed by atoms with Crippen LogP contribution in [0.15, 0.2) is 71.9 Å². The first-order valence-corrected chi connectivity index (χ1v) is 12.3. The topological polar surface area (TPSA) is 55.7 Å². The molecule has 0 amide bonds. The zero-order valence-electron chi connectivity index (χ0n) is 19.2. The van der Waals surface area contributed by atoms with E-state index in [9.17, 15) is 0 Å². The van der Waals surface area contributed by atoms with Crippen LogP contribution >= 0.6 is 11.8 Å². The van der Waals surface area contributed by atoms with E-state index in [1.54, 1.807) is 11.8 Å². The van der Waals surface area contributed by atoms with E-state index in [1.165, 1.54) is 11.1 Å². The molecule has 3 aromatic carbocycles. The van der Waals surface area contributed by atoms with Gasteiger partial charge in [0, 0.05) is 0 Å². The molecule has 0 aliphatic rings. The van der Waals surface area contributed by atoms with Gasteiger partial charge in [-0.15, -0.1) is 0 Å². The first-order valence-electron chi connectivity index (χ1n) is 11.3. The Morgan fingerprint density at radius 1 is 0.970 bits per heavy atom. The number of ether oxygens (including phenoxy) is 1. The Morgan fingerprint density at radius 3 is 2.58 bits per heavy atom. The van der Waals surface area contributed by atoms with E-state index in [1.807, 2.05) is 24.3 Å². The van der Waals surface area contributed by atoms with Gasteiger partial charge in [0.15, 0.2) is 5.16 Å². The molecule has 0 fully saturated rings. The van der Waals surface area contributed by atoms with Gasteiger partial charge in [0.25, 0.3) is 0 Å². The normalized spacial score (nSPS) is 11.6. The molecule has 0 saturated heterocycles. The fourth-order valence-electron chi connectivity index (χ4n) is 4.08. The van der Waals surface area contributed by atoms with Crippen LogP contribution in [0.1, 0.15) is 36.7 Å². The van der Waals surface area contributed by atoms with Gasteiger partial charge in [0.2, 0.25) is 0 Å². The number of aryl methyl sites for hydroxylation is 1. The van der Waals surface area contributed by atoms with Gasteiger partial charge >= 0.3 is 0 Å². The molecule has 33 heavy (non-hydrogen) atoms. The summed E-state index contributed by atoms with van der Waals surface area (Å²) >= 11 is 1.70. The lowest BCUT2D eigenvalue weighted by molar-refractivity contribution is 0.292. The number of aromatic amines is 1. The fourth-order valence-corrected chi connectivity index (χ4v) is 4.99. The number of nitrogens with zero attached hydrogens (tertiary/aromatic N) is 3. The van der Waals surface area contributed by atoms with Crippen LogP contribution in [0.5, 0.6) is 5.75 Å². The van der Waals surface area contributed by atoms with E-state index in [2.05, 4.69) is 72.8 Å². The summed E-state index contributed by atoms with van der Waals surface area (Å²) in [4.78, 5) is 13.0. The lowest BCUT2D eigenvalue weighted by atomic mass is 10.00. The van der Waals surface area contributed by atoms with E-state index in [0.717, 1.165) is 51.1 Å². The molecule has 0 atom stereocenters. The molecular formula is C27H28N4OS. The van der Waals surface area contributed by atoms with E-state index in [-0.39, 0.29) is 0 Å². The molecule has 0 radical (unpaired) electrons. The number of nitrogens with one attached hydrogen (secondary N) is 1. The molecule has 0 unspecified atom stereocenters. The predicted molar refractivity (Wildman–Crippen MR) is 136 cm³/mol. The van der Waals surface area contributed by atoms with Crippen molar-refractivity contribution in [2.45, 2.75) is 44.1 Å². The molecule has 0 bridgehead atoms. The van der Waals surface area contributed by atoms with Crippen LogP contribution in [0.25, 0.3) is 22.1 Å². The largest absolute Gasteiger partial charge is 0.491 e. The molecule has 0 spiro atoms. The Labute approximate surface area is 198 Å². The summed E-state index contributed by atoms with van der Waals surface area (Å²) in [5.74, 6) is 3.08. The summed E-state index contributed by atoms with van der Waals surface area (Å²) < 4.78 is 8.51. The van der Waals surface area contributed by atoms with Crippen molar-refractivity contribution in [3.63, 3.8) is 0 Å². The number of hydrogen-bond acceptors (Lipinski definition) is 4. The molecular weight excluding hydrogens is 428 g/mol. The molecule has 2 aromatic heterocycles. The Hall–Kier alpha value is -3.25. The van der Waals surface area contributed by atoms with Crippen LogP contribution in [0, 0.1) is 6.92 Å². The highest BCUT2D eigenvalue weighted by molar-refractivity contribution is 7.98. The fraction of sp³-hybridized carbons (Fsp3) is 0.259. The minimum Gasteiger partial charge on any atom is -0.491 e. The van der Waals surface area contributed by atoms with Crippen molar-refractivity contribution in [3.8, 4) is 5.75 Å². The Morgan fingerprint density at radius 2 is 1.76 bits per heavy atom. The summed E-state index contributed by atoms with van der Waals surface area (Å²) in [7, 11) is 0. The minimum absolute atomic E-state index is 0.420. The van der Waals surface area contributed by atoms with Crippen molar-refractivity contribution in [1.82, 2.24) is 19.5 Å². The molecule has 6 heteroatoms. The SMILES string of the molecule is Cc1ccc(OCCn2c(SCc3nc4ccccc4[nH]3)nc3ccccc32)c(C(C)C)c1. The molecule has 5 nitrogen and oxygen atoms in total. The average molecular weight is 457 g/mol. The third-order valence-electron chi connectivity index (χ3n) is 5.76. The second kappa shape index (κ2) is 9.32. The Kier molecular flexibility index (Phi) is 6.09. The molecule has 0 saturated carbocycles. The monoisotopic (exact) mass is 456 g/mol. The Balaban J connectivity index is 1.35. The molecule has 5 rings (SSSR count). The maximum atomic E-state index is 6.26.